The van der Waals surface area contributed by atoms with Crippen molar-refractivity contribution < 1.29 is 42.9 Å². The fourth-order valence-electron chi connectivity index (χ4n) is 0. The van der Waals surface area contributed by atoms with Gasteiger partial charge in [-0.3, -0.25) is 0 Å². The monoisotopic (exact) mass is 168 g/mol. The van der Waals surface area contributed by atoms with E-state index in [-0.39, 0.29) is 18.9 Å². The first-order valence-corrected chi connectivity index (χ1v) is 3.52. The maximum atomic E-state index is 8.25. The molecule has 0 aromatic heterocycles. The molecule has 0 fully saturated rings. The zero-order chi connectivity index (χ0) is 6.50. The van der Waals surface area contributed by atoms with Crippen LogP contribution in [0.4, 0.5) is 0 Å². The van der Waals surface area contributed by atoms with Crippen molar-refractivity contribution in [3.63, 3.8) is 0 Å². The van der Waals surface area contributed by atoms with Gasteiger partial charge >= 0.3 is 51.6 Å². The van der Waals surface area contributed by atoms with Crippen LogP contribution in [0, 0.1) is 0 Å². The molecule has 0 aliphatic rings. The summed E-state index contributed by atoms with van der Waals surface area (Å²) in [5, 5.41) is 0. The number of hydrogen-bond acceptors (Lipinski definition) is 5. The van der Waals surface area contributed by atoms with Crippen LogP contribution >= 0.6 is 0 Å². The Kier molecular flexibility index (Phi) is 16.4. The molecule has 8 heavy (non-hydrogen) atoms. The van der Waals surface area contributed by atoms with E-state index in [4.69, 9.17) is 22.5 Å². The van der Waals surface area contributed by atoms with Gasteiger partial charge in [-0.05, 0) is 0 Å². The molecule has 0 heterocycles. The van der Waals surface area contributed by atoms with E-state index in [0.717, 1.165) is 20.4 Å². The Morgan fingerprint density at radius 3 is 1.00 bits per heavy atom. The summed E-state index contributed by atoms with van der Waals surface area (Å²) in [6, 6.07) is 0. The van der Waals surface area contributed by atoms with Gasteiger partial charge < -0.3 is 19.2 Å². The molecule has 0 saturated heterocycles. The Balaban J connectivity index is -0.0000000750. The minimum absolute atomic E-state index is 0. The predicted octanol–water partition coefficient (Wildman–Crippen LogP) is -3.38. The molecule has 0 saturated carbocycles. The summed E-state index contributed by atoms with van der Waals surface area (Å²) in [6.07, 6.45) is 0. The van der Waals surface area contributed by atoms with Crippen molar-refractivity contribution in [1.82, 2.24) is 0 Å². The topological polar surface area (TPSA) is 98.0 Å². The molecular formula is H5LiO5SiTi. The first-order valence-electron chi connectivity index (χ1n) is 1.10. The molecule has 0 amide bonds. The zero-order valence-electron chi connectivity index (χ0n) is 3.20. The van der Waals surface area contributed by atoms with Crippen LogP contribution in [-0.2, 0) is 23.7 Å². The van der Waals surface area contributed by atoms with Crippen LogP contribution in [0.3, 0.4) is 0 Å². The van der Waals surface area contributed by atoms with Gasteiger partial charge in [0.2, 0.25) is 0 Å². The van der Waals surface area contributed by atoms with Gasteiger partial charge in [0.05, 0.1) is 0 Å². The molecular weight excluding hydrogens is 163 g/mol. The molecule has 5 nitrogen and oxygen atoms in total. The van der Waals surface area contributed by atoms with E-state index in [1.807, 2.05) is 0 Å². The van der Waals surface area contributed by atoms with Crippen molar-refractivity contribution in [2.24, 2.45) is 0 Å². The summed E-state index contributed by atoms with van der Waals surface area (Å²) in [7, 11) is -4.61. The van der Waals surface area contributed by atoms with Gasteiger partial charge in [0.15, 0.2) is 0 Å². The minimum atomic E-state index is -4.61. The summed E-state index contributed by atoms with van der Waals surface area (Å²) in [6.45, 7) is 0. The average Bonchev–Trinajstić information content (AvgIpc) is 1.36. The van der Waals surface area contributed by atoms with Crippen LogP contribution in [0.5, 0.6) is 0 Å². The fraction of sp³-hybridized carbons (Fsp3) is 0. The molecule has 0 aliphatic carbocycles. The Hall–Kier alpha value is 1.17. The van der Waals surface area contributed by atoms with Crippen LogP contribution in [0.15, 0.2) is 0 Å². The van der Waals surface area contributed by atoms with E-state index in [1.165, 1.54) is 0 Å². The third kappa shape index (κ3) is 200. The second kappa shape index (κ2) is 8.17. The van der Waals surface area contributed by atoms with E-state index in [9.17, 15) is 0 Å². The number of hydrogen-bond donors (Lipinski definition) is 4. The standard InChI is InChI=1S/Li.H4O4Si.O.Ti.H/c;1-5(2,3)4;;;/h;1-4H;;;. The molecule has 0 bridgehead atoms. The van der Waals surface area contributed by atoms with Crippen molar-refractivity contribution in [3.8, 4) is 0 Å². The second-order valence-corrected chi connectivity index (χ2v) is 1.80. The quantitative estimate of drug-likeness (QED) is 0.283. The first kappa shape index (κ1) is 16.1. The normalized spacial score (nSPS) is 7.88. The summed E-state index contributed by atoms with van der Waals surface area (Å²) >= 11 is 0.750. The molecule has 8 heteroatoms. The van der Waals surface area contributed by atoms with Crippen molar-refractivity contribution in [1.29, 1.82) is 0 Å². The van der Waals surface area contributed by atoms with Crippen LogP contribution in [0.25, 0.3) is 0 Å². The van der Waals surface area contributed by atoms with Gasteiger partial charge in [0.1, 0.15) is 0 Å². The average molecular weight is 168 g/mol. The number of rotatable bonds is 0. The van der Waals surface area contributed by atoms with Gasteiger partial charge in [0.25, 0.3) is 0 Å². The van der Waals surface area contributed by atoms with Gasteiger partial charge in [-0.25, -0.2) is 0 Å². The van der Waals surface area contributed by atoms with Gasteiger partial charge in [-0.2, -0.15) is 0 Å². The van der Waals surface area contributed by atoms with Crippen molar-refractivity contribution in [2.45, 2.75) is 0 Å². The van der Waals surface area contributed by atoms with E-state index in [2.05, 4.69) is 0 Å². The summed E-state index contributed by atoms with van der Waals surface area (Å²) < 4.78 is 8.25. The van der Waals surface area contributed by atoms with E-state index in [1.54, 1.807) is 0 Å². The van der Waals surface area contributed by atoms with Crippen LogP contribution in [0.2, 0.25) is 0 Å². The van der Waals surface area contributed by atoms with Crippen LogP contribution in [0.1, 0.15) is 0 Å². The van der Waals surface area contributed by atoms with Gasteiger partial charge in [-0.1, -0.05) is 0 Å². The van der Waals surface area contributed by atoms with Crippen molar-refractivity contribution >= 4 is 27.9 Å². The summed E-state index contributed by atoms with van der Waals surface area (Å²) in [5.74, 6) is 0. The fourth-order valence-corrected chi connectivity index (χ4v) is 0. The molecule has 0 rings (SSSR count). The molecule has 0 atom stereocenters. The Morgan fingerprint density at radius 2 is 1.00 bits per heavy atom. The van der Waals surface area contributed by atoms with Crippen LogP contribution in [-0.4, -0.2) is 47.1 Å². The Bertz CT molecular complexity index is 36.2. The molecule has 0 aromatic carbocycles. The third-order valence-electron chi connectivity index (χ3n) is 0. The van der Waals surface area contributed by atoms with Gasteiger partial charge in [-0.15, -0.1) is 0 Å². The van der Waals surface area contributed by atoms with Crippen LogP contribution < -0.4 is 0 Å². The molecule has 0 unspecified atom stereocenters. The van der Waals surface area contributed by atoms with E-state index in [0.29, 0.717) is 0 Å². The predicted molar refractivity (Wildman–Crippen MR) is 22.5 cm³/mol. The molecule has 4 N–H and O–H groups in total. The maximum absolute atomic E-state index is 8.25. The van der Waals surface area contributed by atoms with Gasteiger partial charge in [0, 0.05) is 0 Å². The Labute approximate surface area is 70.7 Å². The summed E-state index contributed by atoms with van der Waals surface area (Å²) in [5.41, 5.74) is 0. The molecule has 0 radical (unpaired) electrons. The summed E-state index contributed by atoms with van der Waals surface area (Å²) in [4.78, 5) is 29.3. The SMILES string of the molecule is O[Si](O)(O)O.[LiH].[O]=[Ti]. The zero-order valence-corrected chi connectivity index (χ0v) is 5.76. The second-order valence-electron chi connectivity index (χ2n) is 0.600. The van der Waals surface area contributed by atoms with Crippen molar-refractivity contribution in [3.05, 3.63) is 0 Å². The van der Waals surface area contributed by atoms with Crippen molar-refractivity contribution in [2.75, 3.05) is 0 Å². The Morgan fingerprint density at radius 1 is 1.00 bits per heavy atom. The molecule has 0 spiro atoms. The van der Waals surface area contributed by atoms with E-state index < -0.39 is 9.05 Å². The first-order chi connectivity index (χ1) is 3.00. The molecule has 0 aromatic rings. The third-order valence-corrected chi connectivity index (χ3v) is 0. The molecule has 0 aliphatic heterocycles. The molecule has 44 valence electrons. The van der Waals surface area contributed by atoms with E-state index >= 15 is 0 Å².